The molecule has 1 heterocycles. The first-order chi connectivity index (χ1) is 4.65. The molecule has 1 unspecified atom stereocenters. The molecule has 2 heteroatoms. The van der Waals surface area contributed by atoms with Crippen LogP contribution in [0.3, 0.4) is 0 Å². The molecule has 2 nitrogen and oxygen atoms in total. The molecule has 1 aliphatic rings. The Labute approximate surface area is 61.6 Å². The van der Waals surface area contributed by atoms with E-state index in [4.69, 9.17) is 4.74 Å². The summed E-state index contributed by atoms with van der Waals surface area (Å²) in [6.07, 6.45) is 2.01. The molecule has 58 valence electrons. The first kappa shape index (κ1) is 7.58. The second-order valence-electron chi connectivity index (χ2n) is 3.07. The minimum absolute atomic E-state index is 0.0261. The van der Waals surface area contributed by atoms with E-state index >= 15 is 0 Å². The quantitative estimate of drug-likeness (QED) is 0.549. The van der Waals surface area contributed by atoms with Crippen LogP contribution >= 0.6 is 0 Å². The highest BCUT2D eigenvalue weighted by Gasteiger charge is 2.51. The van der Waals surface area contributed by atoms with E-state index in [1.807, 2.05) is 20.8 Å². The number of hydrogen-bond donors (Lipinski definition) is 0. The largest absolute Gasteiger partial charge is 0.461 e. The van der Waals surface area contributed by atoms with Crippen LogP contribution in [-0.4, -0.2) is 12.1 Å². The van der Waals surface area contributed by atoms with Crippen LogP contribution in [-0.2, 0) is 9.53 Å². The van der Waals surface area contributed by atoms with E-state index in [9.17, 15) is 4.79 Å². The van der Waals surface area contributed by atoms with E-state index in [0.29, 0.717) is 0 Å². The molecule has 0 aromatic heterocycles. The van der Waals surface area contributed by atoms with Gasteiger partial charge in [-0.05, 0) is 19.8 Å². The summed E-state index contributed by atoms with van der Waals surface area (Å²) in [5.41, 5.74) is -0.172. The van der Waals surface area contributed by atoms with Crippen LogP contribution in [0, 0.1) is 5.41 Å². The van der Waals surface area contributed by atoms with Crippen molar-refractivity contribution in [3.8, 4) is 0 Å². The van der Waals surface area contributed by atoms with Gasteiger partial charge in [-0.25, -0.2) is 0 Å². The molecule has 0 amide bonds. The molecule has 1 aliphatic heterocycles. The first-order valence-corrected chi connectivity index (χ1v) is 3.86. The minimum atomic E-state index is -0.172. The summed E-state index contributed by atoms with van der Waals surface area (Å²) in [4.78, 5) is 10.9. The Bertz CT molecular complexity index is 153. The van der Waals surface area contributed by atoms with Crippen molar-refractivity contribution in [2.24, 2.45) is 5.41 Å². The Morgan fingerprint density at radius 1 is 1.60 bits per heavy atom. The van der Waals surface area contributed by atoms with Crippen LogP contribution in [0.15, 0.2) is 0 Å². The van der Waals surface area contributed by atoms with Gasteiger partial charge in [-0.15, -0.1) is 0 Å². The number of cyclic esters (lactones) is 1. The molecule has 0 bridgehead atoms. The second-order valence-corrected chi connectivity index (χ2v) is 3.07. The van der Waals surface area contributed by atoms with Crippen molar-refractivity contribution in [1.29, 1.82) is 0 Å². The van der Waals surface area contributed by atoms with Gasteiger partial charge in [-0.3, -0.25) is 4.79 Å². The monoisotopic (exact) mass is 142 g/mol. The van der Waals surface area contributed by atoms with Crippen molar-refractivity contribution in [3.63, 3.8) is 0 Å². The molecule has 1 fully saturated rings. The average Bonchev–Trinajstić information content (AvgIpc) is 1.98. The van der Waals surface area contributed by atoms with Crippen molar-refractivity contribution in [3.05, 3.63) is 0 Å². The number of carbonyl (C=O) groups excluding carboxylic acids is 1. The lowest BCUT2D eigenvalue weighted by molar-refractivity contribution is -0.204. The highest BCUT2D eigenvalue weighted by atomic mass is 16.6. The molecular formula is C8H14O2. The SMILES string of the molecule is CCC1OC(=O)[C@]1(C)CC. The van der Waals surface area contributed by atoms with Gasteiger partial charge in [-0.1, -0.05) is 13.8 Å². The zero-order chi connectivity index (χ0) is 7.78. The number of carbonyl (C=O) groups is 1. The number of esters is 1. The smallest absolute Gasteiger partial charge is 0.315 e. The van der Waals surface area contributed by atoms with Crippen molar-refractivity contribution in [2.75, 3.05) is 0 Å². The van der Waals surface area contributed by atoms with Gasteiger partial charge in [0.2, 0.25) is 0 Å². The fraction of sp³-hybridized carbons (Fsp3) is 0.875. The predicted molar refractivity (Wildman–Crippen MR) is 38.6 cm³/mol. The standard InChI is InChI=1S/C8H14O2/c1-4-6-8(3,5-2)7(9)10-6/h6H,4-5H2,1-3H3/t6?,8-/m1/s1. The first-order valence-electron chi connectivity index (χ1n) is 3.86. The van der Waals surface area contributed by atoms with Gasteiger partial charge in [0.1, 0.15) is 11.5 Å². The van der Waals surface area contributed by atoms with E-state index in [-0.39, 0.29) is 17.5 Å². The van der Waals surface area contributed by atoms with Crippen molar-refractivity contribution >= 4 is 5.97 Å². The summed E-state index contributed by atoms with van der Waals surface area (Å²) < 4.78 is 4.96. The van der Waals surface area contributed by atoms with Crippen LogP contribution in [0.1, 0.15) is 33.6 Å². The topological polar surface area (TPSA) is 26.3 Å². The summed E-state index contributed by atoms with van der Waals surface area (Å²) in [5.74, 6) is -0.0261. The molecule has 10 heavy (non-hydrogen) atoms. The Hall–Kier alpha value is -0.530. The molecule has 2 atom stereocenters. The normalized spacial score (nSPS) is 38.7. The highest BCUT2D eigenvalue weighted by Crippen LogP contribution is 2.40. The van der Waals surface area contributed by atoms with Crippen molar-refractivity contribution in [1.82, 2.24) is 0 Å². The summed E-state index contributed by atoms with van der Waals surface area (Å²) >= 11 is 0. The molecule has 1 rings (SSSR count). The number of rotatable bonds is 2. The maximum absolute atomic E-state index is 10.9. The van der Waals surface area contributed by atoms with Crippen LogP contribution in [0.5, 0.6) is 0 Å². The van der Waals surface area contributed by atoms with Gasteiger partial charge in [0.25, 0.3) is 0 Å². The van der Waals surface area contributed by atoms with E-state index in [0.717, 1.165) is 12.8 Å². The number of ether oxygens (including phenoxy) is 1. The van der Waals surface area contributed by atoms with Crippen LogP contribution in [0.2, 0.25) is 0 Å². The van der Waals surface area contributed by atoms with E-state index in [1.54, 1.807) is 0 Å². The zero-order valence-electron chi connectivity index (χ0n) is 6.81. The fourth-order valence-corrected chi connectivity index (χ4v) is 1.37. The van der Waals surface area contributed by atoms with Gasteiger partial charge in [0.15, 0.2) is 0 Å². The Balaban J connectivity index is 2.63. The molecule has 0 saturated carbocycles. The van der Waals surface area contributed by atoms with Crippen LogP contribution < -0.4 is 0 Å². The lowest BCUT2D eigenvalue weighted by atomic mass is 9.76. The molecule has 0 aromatic rings. The second kappa shape index (κ2) is 2.26. The average molecular weight is 142 g/mol. The summed E-state index contributed by atoms with van der Waals surface area (Å²) in [5, 5.41) is 0. The molecule has 0 radical (unpaired) electrons. The van der Waals surface area contributed by atoms with Crippen molar-refractivity contribution in [2.45, 2.75) is 39.7 Å². The Morgan fingerprint density at radius 3 is 2.40 bits per heavy atom. The highest BCUT2D eigenvalue weighted by molar-refractivity contribution is 5.82. The maximum Gasteiger partial charge on any atom is 0.315 e. The Kier molecular flexibility index (Phi) is 1.71. The van der Waals surface area contributed by atoms with Crippen LogP contribution in [0.4, 0.5) is 0 Å². The minimum Gasteiger partial charge on any atom is -0.461 e. The van der Waals surface area contributed by atoms with Gasteiger partial charge >= 0.3 is 5.97 Å². The molecule has 0 N–H and O–H groups in total. The molecule has 0 aliphatic carbocycles. The predicted octanol–water partition coefficient (Wildman–Crippen LogP) is 1.74. The van der Waals surface area contributed by atoms with Gasteiger partial charge in [0.05, 0.1) is 0 Å². The summed E-state index contributed by atoms with van der Waals surface area (Å²) in [6.45, 7) is 6.06. The van der Waals surface area contributed by atoms with E-state index in [2.05, 4.69) is 0 Å². The van der Waals surface area contributed by atoms with E-state index < -0.39 is 0 Å². The van der Waals surface area contributed by atoms with Gasteiger partial charge < -0.3 is 4.74 Å². The van der Waals surface area contributed by atoms with Gasteiger partial charge in [-0.2, -0.15) is 0 Å². The maximum atomic E-state index is 10.9. The molecule has 1 saturated heterocycles. The zero-order valence-corrected chi connectivity index (χ0v) is 6.81. The number of hydrogen-bond acceptors (Lipinski definition) is 2. The van der Waals surface area contributed by atoms with E-state index in [1.165, 1.54) is 0 Å². The Morgan fingerprint density at radius 2 is 2.20 bits per heavy atom. The van der Waals surface area contributed by atoms with Crippen LogP contribution in [0.25, 0.3) is 0 Å². The third-order valence-corrected chi connectivity index (χ3v) is 2.53. The lowest BCUT2D eigenvalue weighted by Gasteiger charge is -2.43. The summed E-state index contributed by atoms with van der Waals surface area (Å²) in [7, 11) is 0. The lowest BCUT2D eigenvalue weighted by Crippen LogP contribution is -2.53. The molecule has 0 spiro atoms. The van der Waals surface area contributed by atoms with Gasteiger partial charge in [0, 0.05) is 0 Å². The molecule has 0 aromatic carbocycles. The summed E-state index contributed by atoms with van der Waals surface area (Å²) in [6, 6.07) is 0. The third kappa shape index (κ3) is 0.746. The fourth-order valence-electron chi connectivity index (χ4n) is 1.37. The third-order valence-electron chi connectivity index (χ3n) is 2.53. The van der Waals surface area contributed by atoms with Crippen molar-refractivity contribution < 1.29 is 9.53 Å². The molecular weight excluding hydrogens is 128 g/mol.